The second-order valence-corrected chi connectivity index (χ2v) is 3.92. The molecule has 4 N–H and O–H groups in total. The van der Waals surface area contributed by atoms with E-state index in [-0.39, 0.29) is 5.95 Å². The fourth-order valence-electron chi connectivity index (χ4n) is 1.57. The van der Waals surface area contributed by atoms with E-state index in [1.807, 2.05) is 0 Å². The number of H-pyrrole nitrogens is 1. The predicted molar refractivity (Wildman–Crippen MR) is 70.3 cm³/mol. The summed E-state index contributed by atoms with van der Waals surface area (Å²) in [5.74, 6) is 0.873. The van der Waals surface area contributed by atoms with Gasteiger partial charge in [0.2, 0.25) is 5.95 Å². The average molecular weight is 250 g/mol. The number of aromatic amines is 1. The molecule has 0 atom stereocenters. The number of hydrogen-bond donors (Lipinski definition) is 3. The van der Waals surface area contributed by atoms with Crippen LogP contribution in [0.4, 0.5) is 11.8 Å². The number of ether oxygens (including phenoxy) is 1. The van der Waals surface area contributed by atoms with Gasteiger partial charge in [-0.05, 0) is 6.42 Å². The van der Waals surface area contributed by atoms with E-state index in [0.29, 0.717) is 24.6 Å². The van der Waals surface area contributed by atoms with Crippen LogP contribution in [0.2, 0.25) is 0 Å². The van der Waals surface area contributed by atoms with Gasteiger partial charge in [0.1, 0.15) is 5.52 Å². The average Bonchev–Trinajstić information content (AvgIpc) is 2.81. The van der Waals surface area contributed by atoms with Gasteiger partial charge in [0, 0.05) is 13.2 Å². The first-order valence-corrected chi connectivity index (χ1v) is 6.09. The lowest BCUT2D eigenvalue weighted by molar-refractivity contribution is 0.141. The zero-order valence-electron chi connectivity index (χ0n) is 10.4. The fraction of sp³-hybridized carbons (Fsp3) is 0.545. The molecule has 98 valence electrons. The van der Waals surface area contributed by atoms with Crippen LogP contribution in [0.15, 0.2) is 6.33 Å². The molecule has 0 unspecified atom stereocenters. The van der Waals surface area contributed by atoms with Crippen molar-refractivity contribution in [3.8, 4) is 0 Å². The molecule has 0 aromatic carbocycles. The molecule has 0 spiro atoms. The van der Waals surface area contributed by atoms with Crippen molar-refractivity contribution in [3.63, 3.8) is 0 Å². The predicted octanol–water partition coefficient (Wildman–Crippen LogP) is 1.16. The number of anilines is 2. The number of unbranched alkanes of at least 4 members (excludes halogenated alkanes) is 1. The highest BCUT2D eigenvalue weighted by molar-refractivity contribution is 5.83. The van der Waals surface area contributed by atoms with E-state index in [1.54, 1.807) is 6.33 Å². The van der Waals surface area contributed by atoms with Crippen LogP contribution in [-0.4, -0.2) is 39.7 Å². The summed E-state index contributed by atoms with van der Waals surface area (Å²) in [5.41, 5.74) is 6.93. The van der Waals surface area contributed by atoms with Crippen LogP contribution in [0, 0.1) is 0 Å². The summed E-state index contributed by atoms with van der Waals surface area (Å²) in [6, 6.07) is 0. The van der Waals surface area contributed by atoms with Gasteiger partial charge in [0.25, 0.3) is 0 Å². The van der Waals surface area contributed by atoms with Gasteiger partial charge in [0.05, 0.1) is 12.9 Å². The molecule has 0 aliphatic carbocycles. The van der Waals surface area contributed by atoms with Gasteiger partial charge in [-0.2, -0.15) is 9.97 Å². The van der Waals surface area contributed by atoms with E-state index in [2.05, 4.69) is 32.2 Å². The van der Waals surface area contributed by atoms with Crippen LogP contribution in [0.3, 0.4) is 0 Å². The monoisotopic (exact) mass is 250 g/mol. The summed E-state index contributed by atoms with van der Waals surface area (Å²) in [5, 5.41) is 3.16. The van der Waals surface area contributed by atoms with Crippen LogP contribution in [0.5, 0.6) is 0 Å². The first-order valence-electron chi connectivity index (χ1n) is 6.09. The molecule has 7 nitrogen and oxygen atoms in total. The quantitative estimate of drug-likeness (QED) is 0.637. The van der Waals surface area contributed by atoms with Gasteiger partial charge in [0.15, 0.2) is 11.5 Å². The van der Waals surface area contributed by atoms with Gasteiger partial charge in [-0.1, -0.05) is 13.3 Å². The Morgan fingerprint density at radius 2 is 2.28 bits per heavy atom. The summed E-state index contributed by atoms with van der Waals surface area (Å²) >= 11 is 0. The van der Waals surface area contributed by atoms with Crippen LogP contribution in [0.25, 0.3) is 11.2 Å². The molecular formula is C11H18N6O. The second kappa shape index (κ2) is 6.15. The molecule has 2 aromatic heterocycles. The molecule has 2 heterocycles. The van der Waals surface area contributed by atoms with E-state index >= 15 is 0 Å². The Morgan fingerprint density at radius 1 is 1.39 bits per heavy atom. The third kappa shape index (κ3) is 3.07. The molecular weight excluding hydrogens is 232 g/mol. The normalized spacial score (nSPS) is 10.9. The molecule has 0 aliphatic rings. The van der Waals surface area contributed by atoms with Gasteiger partial charge >= 0.3 is 0 Å². The molecule has 0 aliphatic heterocycles. The Balaban J connectivity index is 1.89. The number of nitrogens with zero attached hydrogens (tertiary/aromatic N) is 3. The Kier molecular flexibility index (Phi) is 4.30. The van der Waals surface area contributed by atoms with Crippen molar-refractivity contribution in [3.05, 3.63) is 6.33 Å². The number of fused-ring (bicyclic) bond motifs is 1. The third-order valence-corrected chi connectivity index (χ3v) is 2.48. The number of nitrogen functional groups attached to an aromatic ring is 1. The zero-order chi connectivity index (χ0) is 12.8. The summed E-state index contributed by atoms with van der Waals surface area (Å²) in [4.78, 5) is 15.2. The summed E-state index contributed by atoms with van der Waals surface area (Å²) < 4.78 is 5.46. The summed E-state index contributed by atoms with van der Waals surface area (Å²) in [7, 11) is 0. The molecule has 0 amide bonds. The van der Waals surface area contributed by atoms with E-state index < -0.39 is 0 Å². The Labute approximate surface area is 105 Å². The van der Waals surface area contributed by atoms with Crippen molar-refractivity contribution in [2.75, 3.05) is 30.8 Å². The topological polar surface area (TPSA) is 102 Å². The minimum atomic E-state index is 0.212. The van der Waals surface area contributed by atoms with E-state index in [0.717, 1.165) is 25.0 Å². The van der Waals surface area contributed by atoms with Gasteiger partial charge in [-0.15, -0.1) is 0 Å². The minimum Gasteiger partial charge on any atom is -0.380 e. The highest BCUT2D eigenvalue weighted by Gasteiger charge is 2.07. The van der Waals surface area contributed by atoms with Crippen LogP contribution < -0.4 is 11.1 Å². The van der Waals surface area contributed by atoms with Crippen molar-refractivity contribution in [1.82, 2.24) is 19.9 Å². The fourth-order valence-corrected chi connectivity index (χ4v) is 1.57. The lowest BCUT2D eigenvalue weighted by atomic mass is 10.4. The standard InChI is InChI=1S/C11H18N6O/c1-2-3-5-18-6-4-13-9-8-10(15-7-14-8)17-11(12)16-9/h7H,2-6H2,1H3,(H4,12,13,14,15,16,17). The van der Waals surface area contributed by atoms with Crippen LogP contribution in [-0.2, 0) is 4.74 Å². The third-order valence-electron chi connectivity index (χ3n) is 2.48. The Morgan fingerprint density at radius 3 is 3.11 bits per heavy atom. The molecule has 0 radical (unpaired) electrons. The van der Waals surface area contributed by atoms with Crippen molar-refractivity contribution in [1.29, 1.82) is 0 Å². The van der Waals surface area contributed by atoms with Crippen molar-refractivity contribution in [2.24, 2.45) is 0 Å². The zero-order valence-corrected chi connectivity index (χ0v) is 10.4. The maximum Gasteiger partial charge on any atom is 0.224 e. The van der Waals surface area contributed by atoms with E-state index in [4.69, 9.17) is 10.5 Å². The number of nitrogens with one attached hydrogen (secondary N) is 2. The molecule has 7 heteroatoms. The molecule has 0 bridgehead atoms. The number of hydrogen-bond acceptors (Lipinski definition) is 6. The highest BCUT2D eigenvalue weighted by Crippen LogP contribution is 2.16. The first-order chi connectivity index (χ1) is 8.81. The minimum absolute atomic E-state index is 0.212. The number of rotatable bonds is 7. The molecule has 0 fully saturated rings. The van der Waals surface area contributed by atoms with Gasteiger partial charge < -0.3 is 20.8 Å². The van der Waals surface area contributed by atoms with Crippen LogP contribution >= 0.6 is 0 Å². The lowest BCUT2D eigenvalue weighted by Gasteiger charge is -2.07. The van der Waals surface area contributed by atoms with Crippen LogP contribution in [0.1, 0.15) is 19.8 Å². The lowest BCUT2D eigenvalue weighted by Crippen LogP contribution is -2.12. The summed E-state index contributed by atoms with van der Waals surface area (Å²) in [6.07, 6.45) is 3.80. The smallest absolute Gasteiger partial charge is 0.224 e. The SMILES string of the molecule is CCCCOCCNc1nc(N)nc2nc[nH]c12. The number of imidazole rings is 1. The first kappa shape index (κ1) is 12.6. The number of aromatic nitrogens is 4. The molecule has 18 heavy (non-hydrogen) atoms. The maximum atomic E-state index is 5.61. The largest absolute Gasteiger partial charge is 0.380 e. The summed E-state index contributed by atoms with van der Waals surface area (Å²) in [6.45, 7) is 4.25. The Hall–Kier alpha value is -1.89. The Bertz CT molecular complexity index is 497. The van der Waals surface area contributed by atoms with Gasteiger partial charge in [-0.25, -0.2) is 4.98 Å². The molecule has 2 aromatic rings. The van der Waals surface area contributed by atoms with Crippen molar-refractivity contribution >= 4 is 22.9 Å². The molecule has 2 rings (SSSR count). The second-order valence-electron chi connectivity index (χ2n) is 3.92. The number of nitrogens with two attached hydrogens (primary N) is 1. The van der Waals surface area contributed by atoms with E-state index in [9.17, 15) is 0 Å². The molecule has 0 saturated carbocycles. The molecule has 0 saturated heterocycles. The van der Waals surface area contributed by atoms with Crippen molar-refractivity contribution in [2.45, 2.75) is 19.8 Å². The highest BCUT2D eigenvalue weighted by atomic mass is 16.5. The van der Waals surface area contributed by atoms with Crippen molar-refractivity contribution < 1.29 is 4.74 Å². The van der Waals surface area contributed by atoms with Gasteiger partial charge in [-0.3, -0.25) is 0 Å². The maximum absolute atomic E-state index is 5.61. The van der Waals surface area contributed by atoms with E-state index in [1.165, 1.54) is 0 Å².